The molecule has 3 aliphatic heterocycles. The summed E-state index contributed by atoms with van der Waals surface area (Å²) in [7, 11) is 0. The number of nitrogens with zero attached hydrogens (tertiary/aromatic N) is 1. The van der Waals surface area contributed by atoms with Gasteiger partial charge in [-0.05, 0) is 37.3 Å². The molecule has 1 amide bonds. The minimum Gasteiger partial charge on any atom is -0.392 e. The topological polar surface area (TPSA) is 77.6 Å². The summed E-state index contributed by atoms with van der Waals surface area (Å²) in [6, 6.07) is 8.21. The molecule has 3 aliphatic rings. The van der Waals surface area contributed by atoms with Gasteiger partial charge in [0.2, 0.25) is 5.91 Å². The molecular weight excluding hydrogens is 330 g/mol. The number of ether oxygens (including phenoxy) is 1. The zero-order valence-electron chi connectivity index (χ0n) is 14.8. The Morgan fingerprint density at radius 3 is 2.85 bits per heavy atom. The maximum Gasteiger partial charge on any atom is 0.239 e. The Morgan fingerprint density at radius 2 is 2.08 bits per heavy atom. The first-order valence-electron chi connectivity index (χ1n) is 9.60. The summed E-state index contributed by atoms with van der Waals surface area (Å²) < 4.78 is 6.31. The number of nitrogens with one attached hydrogen (secondary N) is 2. The molecule has 138 valence electrons. The van der Waals surface area contributed by atoms with Crippen LogP contribution in [0.25, 0.3) is 10.9 Å². The molecule has 6 heteroatoms. The van der Waals surface area contributed by atoms with E-state index in [4.69, 9.17) is 4.74 Å². The summed E-state index contributed by atoms with van der Waals surface area (Å²) in [5, 5.41) is 14.1. The fourth-order valence-electron chi connectivity index (χ4n) is 4.88. The summed E-state index contributed by atoms with van der Waals surface area (Å²) >= 11 is 0. The van der Waals surface area contributed by atoms with Crippen LogP contribution < -0.4 is 5.32 Å². The number of carbonyl (C=O) groups is 1. The molecule has 5 rings (SSSR count). The van der Waals surface area contributed by atoms with Crippen LogP contribution in [-0.4, -0.2) is 59.3 Å². The predicted molar refractivity (Wildman–Crippen MR) is 97.9 cm³/mol. The summed E-state index contributed by atoms with van der Waals surface area (Å²) in [5.74, 6) is 0.115. The van der Waals surface area contributed by atoms with E-state index >= 15 is 0 Å². The van der Waals surface area contributed by atoms with Gasteiger partial charge in [0, 0.05) is 30.5 Å². The number of aromatic nitrogens is 1. The van der Waals surface area contributed by atoms with Crippen molar-refractivity contribution in [2.45, 2.75) is 43.4 Å². The van der Waals surface area contributed by atoms with Crippen molar-refractivity contribution in [3.05, 3.63) is 35.5 Å². The number of aliphatic hydroxyl groups is 1. The Labute approximate surface area is 152 Å². The lowest BCUT2D eigenvalue weighted by Crippen LogP contribution is -2.52. The maximum atomic E-state index is 12.7. The number of hydrogen-bond acceptors (Lipinski definition) is 4. The van der Waals surface area contributed by atoms with Crippen LogP contribution in [0.5, 0.6) is 0 Å². The van der Waals surface area contributed by atoms with Gasteiger partial charge in [0.05, 0.1) is 24.4 Å². The molecule has 1 spiro atoms. The molecule has 0 radical (unpaired) electrons. The molecule has 1 aromatic carbocycles. The molecule has 26 heavy (non-hydrogen) atoms. The third-order valence-corrected chi connectivity index (χ3v) is 6.29. The summed E-state index contributed by atoms with van der Waals surface area (Å²) in [5.41, 5.74) is 3.47. The highest BCUT2D eigenvalue weighted by atomic mass is 16.5. The smallest absolute Gasteiger partial charge is 0.239 e. The Balaban J connectivity index is 1.37. The number of aliphatic hydroxyl groups excluding tert-OH is 1. The van der Waals surface area contributed by atoms with Gasteiger partial charge < -0.3 is 25.0 Å². The number of H-pyrrole nitrogens is 1. The third kappa shape index (κ3) is 2.47. The number of likely N-dealkylation sites (tertiary alicyclic amines) is 1. The van der Waals surface area contributed by atoms with Gasteiger partial charge in [-0.3, -0.25) is 4.79 Å². The van der Waals surface area contributed by atoms with Crippen molar-refractivity contribution in [1.82, 2.24) is 15.2 Å². The molecule has 2 atom stereocenters. The molecule has 4 heterocycles. The van der Waals surface area contributed by atoms with Gasteiger partial charge in [0.1, 0.15) is 5.60 Å². The highest BCUT2D eigenvalue weighted by Gasteiger charge is 2.44. The summed E-state index contributed by atoms with van der Waals surface area (Å²) in [4.78, 5) is 18.2. The van der Waals surface area contributed by atoms with Gasteiger partial charge in [-0.1, -0.05) is 18.2 Å². The van der Waals surface area contributed by atoms with Crippen LogP contribution in [0.2, 0.25) is 0 Å². The number of fused-ring (bicyclic) bond motifs is 4. The molecule has 2 unspecified atom stereocenters. The van der Waals surface area contributed by atoms with E-state index in [0.29, 0.717) is 26.1 Å². The van der Waals surface area contributed by atoms with Crippen molar-refractivity contribution in [3.63, 3.8) is 0 Å². The van der Waals surface area contributed by atoms with E-state index in [2.05, 4.69) is 34.6 Å². The van der Waals surface area contributed by atoms with Crippen LogP contribution in [0.15, 0.2) is 24.3 Å². The predicted octanol–water partition coefficient (Wildman–Crippen LogP) is 1.28. The minimum atomic E-state index is -0.407. The highest BCUT2D eigenvalue weighted by Crippen LogP contribution is 2.43. The SMILES string of the molecule is O=C(C1CC(O)CN1)N1CCC2(CC1)OCCc1c2[nH]c2ccccc12. The molecule has 2 fully saturated rings. The molecule has 0 bridgehead atoms. The van der Waals surface area contributed by atoms with E-state index in [0.717, 1.165) is 25.9 Å². The van der Waals surface area contributed by atoms with Crippen molar-refractivity contribution in [3.8, 4) is 0 Å². The van der Waals surface area contributed by atoms with Crippen molar-refractivity contribution in [1.29, 1.82) is 0 Å². The molecule has 2 aromatic rings. The molecule has 3 N–H and O–H groups in total. The van der Waals surface area contributed by atoms with Crippen LogP contribution in [-0.2, 0) is 21.6 Å². The molecular formula is C20H25N3O3. The second-order valence-corrected chi connectivity index (χ2v) is 7.79. The van der Waals surface area contributed by atoms with Crippen molar-refractivity contribution >= 4 is 16.8 Å². The molecule has 0 saturated carbocycles. The van der Waals surface area contributed by atoms with Crippen molar-refractivity contribution < 1.29 is 14.6 Å². The van der Waals surface area contributed by atoms with E-state index < -0.39 is 6.10 Å². The van der Waals surface area contributed by atoms with E-state index in [1.54, 1.807) is 0 Å². The van der Waals surface area contributed by atoms with Gasteiger partial charge in [0.25, 0.3) is 0 Å². The zero-order valence-corrected chi connectivity index (χ0v) is 14.8. The van der Waals surface area contributed by atoms with E-state index in [1.807, 2.05) is 4.90 Å². The van der Waals surface area contributed by atoms with Gasteiger partial charge >= 0.3 is 0 Å². The van der Waals surface area contributed by atoms with E-state index in [1.165, 1.54) is 22.2 Å². The summed E-state index contributed by atoms with van der Waals surface area (Å²) in [6.07, 6.45) is 2.67. The van der Waals surface area contributed by atoms with Crippen LogP contribution >= 0.6 is 0 Å². The fraction of sp³-hybridized carbons (Fsp3) is 0.550. The number of benzene rings is 1. The number of para-hydroxylation sites is 1. The van der Waals surface area contributed by atoms with E-state index in [9.17, 15) is 9.90 Å². The Kier molecular flexibility index (Phi) is 3.81. The lowest BCUT2D eigenvalue weighted by atomic mass is 9.83. The number of piperidine rings is 1. The number of rotatable bonds is 1. The molecule has 2 saturated heterocycles. The number of hydrogen-bond donors (Lipinski definition) is 3. The normalized spacial score (nSPS) is 27.8. The summed E-state index contributed by atoms with van der Waals surface area (Å²) in [6.45, 7) is 2.64. The number of β-amino-alcohol motifs (C(OH)–C–C–N with tert-alkyl or cyclic N) is 1. The molecule has 1 aromatic heterocycles. The highest BCUT2D eigenvalue weighted by molar-refractivity contribution is 5.85. The first-order valence-corrected chi connectivity index (χ1v) is 9.60. The Hall–Kier alpha value is -1.89. The van der Waals surface area contributed by atoms with Gasteiger partial charge in [-0.15, -0.1) is 0 Å². The monoisotopic (exact) mass is 355 g/mol. The van der Waals surface area contributed by atoms with Crippen molar-refractivity contribution in [2.24, 2.45) is 0 Å². The minimum absolute atomic E-state index is 0.115. The van der Waals surface area contributed by atoms with Gasteiger partial charge in [0.15, 0.2) is 0 Å². The lowest BCUT2D eigenvalue weighted by molar-refractivity contribution is -0.143. The number of amides is 1. The van der Waals surface area contributed by atoms with E-state index in [-0.39, 0.29) is 17.6 Å². The maximum absolute atomic E-state index is 12.7. The Morgan fingerprint density at radius 1 is 1.27 bits per heavy atom. The standard InChI is InChI=1S/C20H25N3O3/c24-13-11-17(21-12-13)19(25)23-8-6-20(7-9-23)18-15(5-10-26-20)14-3-1-2-4-16(14)22-18/h1-4,13,17,21-22,24H,5-12H2. The number of carbonyl (C=O) groups excluding carboxylic acids is 1. The molecule has 0 aliphatic carbocycles. The van der Waals surface area contributed by atoms with Crippen LogP contribution in [0.4, 0.5) is 0 Å². The zero-order chi connectivity index (χ0) is 17.7. The molecule has 6 nitrogen and oxygen atoms in total. The van der Waals surface area contributed by atoms with Crippen LogP contribution in [0.1, 0.15) is 30.5 Å². The Bertz CT molecular complexity index is 838. The first kappa shape index (κ1) is 16.3. The largest absolute Gasteiger partial charge is 0.392 e. The second kappa shape index (κ2) is 6.08. The van der Waals surface area contributed by atoms with Gasteiger partial charge in [-0.25, -0.2) is 0 Å². The first-order chi connectivity index (χ1) is 12.7. The fourth-order valence-corrected chi connectivity index (χ4v) is 4.88. The lowest BCUT2D eigenvalue weighted by Gasteiger charge is -2.44. The second-order valence-electron chi connectivity index (χ2n) is 7.79. The van der Waals surface area contributed by atoms with Crippen LogP contribution in [0.3, 0.4) is 0 Å². The van der Waals surface area contributed by atoms with Crippen molar-refractivity contribution in [2.75, 3.05) is 26.2 Å². The van der Waals surface area contributed by atoms with Crippen LogP contribution in [0, 0.1) is 0 Å². The average Bonchev–Trinajstić information content (AvgIpc) is 3.27. The quantitative estimate of drug-likeness (QED) is 0.720. The average molecular weight is 355 g/mol. The third-order valence-electron chi connectivity index (χ3n) is 6.29. The number of aromatic amines is 1. The van der Waals surface area contributed by atoms with Gasteiger partial charge in [-0.2, -0.15) is 0 Å².